The Kier molecular flexibility index (Phi) is 5.44. The predicted octanol–water partition coefficient (Wildman–Crippen LogP) is 3.89. The van der Waals surface area contributed by atoms with Gasteiger partial charge in [-0.3, -0.25) is 4.79 Å². The van der Waals surface area contributed by atoms with E-state index < -0.39 is 0 Å². The predicted molar refractivity (Wildman–Crippen MR) is 113 cm³/mol. The van der Waals surface area contributed by atoms with Crippen LogP contribution in [0.3, 0.4) is 0 Å². The molecule has 0 radical (unpaired) electrons. The number of aromatic nitrogens is 2. The highest BCUT2D eigenvalue weighted by Gasteiger charge is 2.19. The zero-order chi connectivity index (χ0) is 19.3. The topological polar surface area (TPSA) is 41.4 Å². The summed E-state index contributed by atoms with van der Waals surface area (Å²) >= 11 is 5.95. The molecule has 0 bridgehead atoms. The van der Waals surface area contributed by atoms with Gasteiger partial charge < -0.3 is 9.80 Å². The molecule has 1 aliphatic rings. The lowest BCUT2D eigenvalue weighted by Gasteiger charge is -2.35. The monoisotopic (exact) mass is 392 g/mol. The zero-order valence-corrected chi connectivity index (χ0v) is 16.2. The summed E-state index contributed by atoms with van der Waals surface area (Å²) in [5.74, 6) is 0.0308. The smallest absolute Gasteiger partial charge is 0.246 e. The van der Waals surface area contributed by atoms with Crippen LogP contribution in [-0.2, 0) is 4.79 Å². The van der Waals surface area contributed by atoms with Gasteiger partial charge in [0.15, 0.2) is 0 Å². The summed E-state index contributed by atoms with van der Waals surface area (Å²) in [5, 5.41) is 5.09. The molecule has 5 nitrogen and oxygen atoms in total. The highest BCUT2D eigenvalue weighted by molar-refractivity contribution is 6.30. The van der Waals surface area contributed by atoms with Crippen molar-refractivity contribution in [2.45, 2.75) is 0 Å². The molecular formula is C22H21ClN4O. The molecule has 2 aromatic carbocycles. The van der Waals surface area contributed by atoms with E-state index >= 15 is 0 Å². The first-order valence-corrected chi connectivity index (χ1v) is 9.64. The van der Waals surface area contributed by atoms with Crippen molar-refractivity contribution in [2.75, 3.05) is 31.1 Å². The molecule has 0 unspecified atom stereocenters. The van der Waals surface area contributed by atoms with Gasteiger partial charge in [0.05, 0.1) is 11.9 Å². The van der Waals surface area contributed by atoms with Gasteiger partial charge in [-0.1, -0.05) is 29.8 Å². The first-order chi connectivity index (χ1) is 13.7. The van der Waals surface area contributed by atoms with Crippen molar-refractivity contribution >= 4 is 29.3 Å². The Morgan fingerprint density at radius 2 is 1.64 bits per heavy atom. The Morgan fingerprint density at radius 3 is 2.36 bits per heavy atom. The molecule has 0 aliphatic carbocycles. The molecule has 0 atom stereocenters. The second-order valence-electron chi connectivity index (χ2n) is 6.68. The van der Waals surface area contributed by atoms with Crippen molar-refractivity contribution in [2.24, 2.45) is 0 Å². The Hall–Kier alpha value is -3.05. The highest BCUT2D eigenvalue weighted by Crippen LogP contribution is 2.19. The van der Waals surface area contributed by atoms with E-state index in [-0.39, 0.29) is 5.91 Å². The third kappa shape index (κ3) is 4.26. The summed E-state index contributed by atoms with van der Waals surface area (Å²) in [6.07, 6.45) is 7.12. The molecule has 0 saturated carbocycles. The fourth-order valence-corrected chi connectivity index (χ4v) is 3.38. The number of anilines is 1. The molecule has 4 rings (SSSR count). The van der Waals surface area contributed by atoms with E-state index in [0.29, 0.717) is 13.1 Å². The van der Waals surface area contributed by atoms with Crippen LogP contribution in [0.2, 0.25) is 5.02 Å². The van der Waals surface area contributed by atoms with Crippen molar-refractivity contribution in [1.82, 2.24) is 14.7 Å². The van der Waals surface area contributed by atoms with Crippen LogP contribution in [-0.4, -0.2) is 46.8 Å². The number of carbonyl (C=O) groups excluding carboxylic acids is 1. The first kappa shape index (κ1) is 18.3. The van der Waals surface area contributed by atoms with Gasteiger partial charge in [0, 0.05) is 54.7 Å². The highest BCUT2D eigenvalue weighted by atomic mass is 35.5. The van der Waals surface area contributed by atoms with Crippen molar-refractivity contribution in [1.29, 1.82) is 0 Å². The summed E-state index contributed by atoms with van der Waals surface area (Å²) in [5.41, 5.74) is 3.03. The molecule has 1 aliphatic heterocycles. The lowest BCUT2D eigenvalue weighted by molar-refractivity contribution is -0.126. The van der Waals surface area contributed by atoms with E-state index in [2.05, 4.69) is 10.00 Å². The van der Waals surface area contributed by atoms with Crippen molar-refractivity contribution in [3.05, 3.63) is 83.7 Å². The van der Waals surface area contributed by atoms with Crippen LogP contribution in [0.5, 0.6) is 0 Å². The molecule has 1 fully saturated rings. The van der Waals surface area contributed by atoms with E-state index in [1.165, 1.54) is 0 Å². The van der Waals surface area contributed by atoms with Crippen LogP contribution in [0.4, 0.5) is 5.69 Å². The van der Waals surface area contributed by atoms with Gasteiger partial charge in [-0.15, -0.1) is 0 Å². The van der Waals surface area contributed by atoms with Crippen molar-refractivity contribution < 1.29 is 4.79 Å². The van der Waals surface area contributed by atoms with E-state index in [9.17, 15) is 4.79 Å². The Labute approximate surface area is 169 Å². The first-order valence-electron chi connectivity index (χ1n) is 9.27. The maximum absolute atomic E-state index is 12.5. The van der Waals surface area contributed by atoms with Crippen LogP contribution < -0.4 is 4.90 Å². The molecule has 28 heavy (non-hydrogen) atoms. The van der Waals surface area contributed by atoms with Crippen molar-refractivity contribution in [3.8, 4) is 5.69 Å². The number of halogens is 1. The number of piperazine rings is 1. The average molecular weight is 393 g/mol. The number of para-hydroxylation sites is 1. The van der Waals surface area contributed by atoms with E-state index in [1.54, 1.807) is 17.0 Å². The SMILES string of the molecule is O=C(/C=C/c1cnn(-c2ccccc2)c1)N1CCN(c2ccc(Cl)cc2)CC1. The van der Waals surface area contributed by atoms with Gasteiger partial charge in [-0.25, -0.2) is 4.68 Å². The summed E-state index contributed by atoms with van der Waals surface area (Å²) in [7, 11) is 0. The molecule has 1 amide bonds. The number of benzene rings is 2. The van der Waals surface area contributed by atoms with Gasteiger partial charge in [-0.2, -0.15) is 5.10 Å². The minimum atomic E-state index is 0.0308. The van der Waals surface area contributed by atoms with Gasteiger partial charge in [-0.05, 0) is 42.5 Å². The number of amides is 1. The Bertz CT molecular complexity index is 958. The van der Waals surface area contributed by atoms with Gasteiger partial charge in [0.25, 0.3) is 0 Å². The molecule has 0 N–H and O–H groups in total. The minimum Gasteiger partial charge on any atom is -0.368 e. The zero-order valence-electron chi connectivity index (χ0n) is 15.4. The Balaban J connectivity index is 1.33. The molecule has 1 saturated heterocycles. The van der Waals surface area contributed by atoms with Gasteiger partial charge in [0.2, 0.25) is 5.91 Å². The summed E-state index contributed by atoms with van der Waals surface area (Å²) in [6, 6.07) is 17.7. The van der Waals surface area contributed by atoms with Crippen LogP contribution in [0.15, 0.2) is 73.1 Å². The third-order valence-electron chi connectivity index (χ3n) is 4.82. The molecule has 142 valence electrons. The molecule has 6 heteroatoms. The maximum atomic E-state index is 12.5. The summed E-state index contributed by atoms with van der Waals surface area (Å²) in [6.45, 7) is 3.03. The van der Waals surface area contributed by atoms with Crippen LogP contribution in [0.1, 0.15) is 5.56 Å². The van der Waals surface area contributed by atoms with Crippen LogP contribution >= 0.6 is 11.6 Å². The van der Waals surface area contributed by atoms with Crippen LogP contribution in [0.25, 0.3) is 11.8 Å². The summed E-state index contributed by atoms with van der Waals surface area (Å²) < 4.78 is 1.80. The second-order valence-corrected chi connectivity index (χ2v) is 7.11. The fraction of sp³-hybridized carbons (Fsp3) is 0.182. The summed E-state index contributed by atoms with van der Waals surface area (Å²) in [4.78, 5) is 16.7. The van der Waals surface area contributed by atoms with E-state index in [4.69, 9.17) is 11.6 Å². The second kappa shape index (κ2) is 8.31. The van der Waals surface area contributed by atoms with Gasteiger partial charge >= 0.3 is 0 Å². The number of hydrogen-bond donors (Lipinski definition) is 0. The quantitative estimate of drug-likeness (QED) is 0.632. The lowest BCUT2D eigenvalue weighted by atomic mass is 10.2. The standard InChI is InChI=1S/C22H21ClN4O/c23-19-7-9-20(10-8-19)25-12-14-26(15-13-25)22(28)11-6-18-16-24-27(17-18)21-4-2-1-3-5-21/h1-11,16-17H,12-15H2/b11-6+. The number of nitrogens with zero attached hydrogens (tertiary/aromatic N) is 4. The number of carbonyl (C=O) groups is 1. The minimum absolute atomic E-state index is 0.0308. The molecular weight excluding hydrogens is 372 g/mol. The number of hydrogen-bond acceptors (Lipinski definition) is 3. The molecule has 3 aromatic rings. The van der Waals surface area contributed by atoms with E-state index in [0.717, 1.165) is 35.1 Å². The fourth-order valence-electron chi connectivity index (χ4n) is 3.25. The third-order valence-corrected chi connectivity index (χ3v) is 5.08. The maximum Gasteiger partial charge on any atom is 0.246 e. The largest absolute Gasteiger partial charge is 0.368 e. The van der Waals surface area contributed by atoms with Crippen LogP contribution in [0, 0.1) is 0 Å². The molecule has 2 heterocycles. The number of rotatable bonds is 4. The average Bonchev–Trinajstić information content (AvgIpc) is 3.22. The Morgan fingerprint density at radius 1 is 0.929 bits per heavy atom. The van der Waals surface area contributed by atoms with Crippen molar-refractivity contribution in [3.63, 3.8) is 0 Å². The van der Waals surface area contributed by atoms with Gasteiger partial charge in [0.1, 0.15) is 0 Å². The van der Waals surface area contributed by atoms with E-state index in [1.807, 2.05) is 71.8 Å². The normalized spacial score (nSPS) is 14.6. The lowest BCUT2D eigenvalue weighted by Crippen LogP contribution is -2.48. The molecule has 0 spiro atoms. The molecule has 1 aromatic heterocycles.